The third-order valence-corrected chi connectivity index (χ3v) is 9.44. The van der Waals surface area contributed by atoms with E-state index >= 15 is 0 Å². The molecule has 2 bridgehead atoms. The Hall–Kier alpha value is -1.71. The minimum atomic E-state index is -0.793. The van der Waals surface area contributed by atoms with Gasteiger partial charge in [-0.15, -0.1) is 0 Å². The summed E-state index contributed by atoms with van der Waals surface area (Å²) in [5.41, 5.74) is 2.38. The lowest BCUT2D eigenvalue weighted by atomic mass is 9.45. The van der Waals surface area contributed by atoms with Gasteiger partial charge in [0.15, 0.2) is 0 Å². The maximum atomic E-state index is 13.8. The number of carbonyl (C=O) groups is 1. The van der Waals surface area contributed by atoms with Crippen LogP contribution in [0, 0.1) is 29.1 Å². The molecular weight excluding hydrogens is 468 g/mol. The standard InChI is InChI=1S/C29H48N4O4/c1-18-23-14-21(29(23,3)4)15-24(18)31-28(36)27-26(19(2)35)25(17-34)37-33(27)16-20-9-7-10-22(13-20)30-11-8-12-32(5)6/h7,9-10,13,18-19,21,23-27,30,34-35H,8,11-12,14-17H2,1-6H3,(H,31,36)/t18-,19-,21+,23-,24-,25-,26+,27-/m0/s1. The van der Waals surface area contributed by atoms with Crippen molar-refractivity contribution in [3.05, 3.63) is 29.8 Å². The van der Waals surface area contributed by atoms with Gasteiger partial charge in [-0.05, 0) is 87.7 Å². The number of rotatable bonds is 11. The number of nitrogens with zero attached hydrogens (tertiary/aromatic N) is 2. The number of carbonyl (C=O) groups excluding carboxylic acids is 1. The predicted molar refractivity (Wildman–Crippen MR) is 146 cm³/mol. The highest BCUT2D eigenvalue weighted by molar-refractivity contribution is 5.82. The molecule has 4 N–H and O–H groups in total. The molecule has 0 aromatic heterocycles. The molecule has 1 heterocycles. The number of anilines is 1. The fourth-order valence-electron chi connectivity index (χ4n) is 7.07. The van der Waals surface area contributed by atoms with E-state index in [4.69, 9.17) is 4.84 Å². The second-order valence-electron chi connectivity index (χ2n) is 12.5. The first-order chi connectivity index (χ1) is 17.5. The van der Waals surface area contributed by atoms with Crippen LogP contribution >= 0.6 is 0 Å². The zero-order chi connectivity index (χ0) is 26.9. The molecule has 1 saturated heterocycles. The summed E-state index contributed by atoms with van der Waals surface area (Å²) < 4.78 is 0. The number of amides is 1. The summed E-state index contributed by atoms with van der Waals surface area (Å²) in [6.07, 6.45) is 1.87. The van der Waals surface area contributed by atoms with Crippen LogP contribution in [0.1, 0.15) is 52.5 Å². The molecule has 0 spiro atoms. The molecule has 0 radical (unpaired) electrons. The molecule has 1 amide bonds. The largest absolute Gasteiger partial charge is 0.394 e. The highest BCUT2D eigenvalue weighted by Crippen LogP contribution is 2.61. The molecule has 37 heavy (non-hydrogen) atoms. The minimum absolute atomic E-state index is 0.115. The lowest BCUT2D eigenvalue weighted by Gasteiger charge is -2.62. The molecule has 3 aliphatic carbocycles. The number of aliphatic hydroxyl groups is 2. The van der Waals surface area contributed by atoms with Crippen LogP contribution in [0.25, 0.3) is 0 Å². The highest BCUT2D eigenvalue weighted by Gasteiger charge is 2.57. The van der Waals surface area contributed by atoms with Gasteiger partial charge in [0.05, 0.1) is 19.3 Å². The van der Waals surface area contributed by atoms with Gasteiger partial charge >= 0.3 is 0 Å². The van der Waals surface area contributed by atoms with Crippen molar-refractivity contribution < 1.29 is 19.8 Å². The second kappa shape index (κ2) is 11.6. The smallest absolute Gasteiger partial charge is 0.240 e. The van der Waals surface area contributed by atoms with Crippen LogP contribution in [0.4, 0.5) is 5.69 Å². The first-order valence-corrected chi connectivity index (χ1v) is 14.0. The summed E-state index contributed by atoms with van der Waals surface area (Å²) in [6.45, 7) is 10.7. The average molecular weight is 517 g/mol. The summed E-state index contributed by atoms with van der Waals surface area (Å²) in [5.74, 6) is 1.05. The Labute approximate surface area is 222 Å². The van der Waals surface area contributed by atoms with Crippen LogP contribution < -0.4 is 10.6 Å². The van der Waals surface area contributed by atoms with E-state index in [9.17, 15) is 15.0 Å². The van der Waals surface area contributed by atoms with E-state index in [1.807, 2.05) is 18.2 Å². The number of aliphatic hydroxyl groups excluding tert-OH is 2. The predicted octanol–water partition coefficient (Wildman–Crippen LogP) is 2.71. The maximum Gasteiger partial charge on any atom is 0.240 e. The van der Waals surface area contributed by atoms with Crippen LogP contribution in [0.2, 0.25) is 0 Å². The fourth-order valence-corrected chi connectivity index (χ4v) is 7.07. The molecule has 3 saturated carbocycles. The van der Waals surface area contributed by atoms with E-state index in [0.717, 1.165) is 37.2 Å². The number of hydrogen-bond donors (Lipinski definition) is 4. The fraction of sp³-hybridized carbons (Fsp3) is 0.759. The average Bonchev–Trinajstić information content (AvgIpc) is 3.21. The van der Waals surface area contributed by atoms with Crippen LogP contribution in [-0.4, -0.2) is 84.2 Å². The lowest BCUT2D eigenvalue weighted by Crippen LogP contribution is -2.62. The third-order valence-electron chi connectivity index (χ3n) is 9.44. The van der Waals surface area contributed by atoms with Gasteiger partial charge < -0.3 is 25.7 Å². The number of benzene rings is 1. The monoisotopic (exact) mass is 516 g/mol. The van der Waals surface area contributed by atoms with E-state index in [-0.39, 0.29) is 18.6 Å². The highest BCUT2D eigenvalue weighted by atomic mass is 16.7. The van der Waals surface area contributed by atoms with Crippen LogP contribution in [-0.2, 0) is 16.2 Å². The van der Waals surface area contributed by atoms with Crippen molar-refractivity contribution in [2.75, 3.05) is 39.1 Å². The van der Waals surface area contributed by atoms with Gasteiger partial charge in [0.1, 0.15) is 12.1 Å². The van der Waals surface area contributed by atoms with E-state index in [1.54, 1.807) is 12.0 Å². The molecule has 8 nitrogen and oxygen atoms in total. The van der Waals surface area contributed by atoms with Crippen molar-refractivity contribution in [3.63, 3.8) is 0 Å². The van der Waals surface area contributed by atoms with Crippen LogP contribution in [0.15, 0.2) is 24.3 Å². The number of hydrogen-bond acceptors (Lipinski definition) is 7. The summed E-state index contributed by atoms with van der Waals surface area (Å²) in [4.78, 5) is 22.0. The molecule has 8 atom stereocenters. The molecule has 5 rings (SSSR count). The number of fused-ring (bicyclic) bond motifs is 2. The number of hydroxylamine groups is 2. The van der Waals surface area contributed by atoms with E-state index in [0.29, 0.717) is 29.7 Å². The van der Waals surface area contributed by atoms with E-state index < -0.39 is 24.2 Å². The molecule has 1 aromatic carbocycles. The Morgan fingerprint density at radius 2 is 2.05 bits per heavy atom. The maximum absolute atomic E-state index is 13.8. The number of nitrogens with one attached hydrogen (secondary N) is 2. The zero-order valence-corrected chi connectivity index (χ0v) is 23.5. The van der Waals surface area contributed by atoms with Gasteiger partial charge in [0.2, 0.25) is 5.91 Å². The molecule has 8 heteroatoms. The van der Waals surface area contributed by atoms with Crippen molar-refractivity contribution in [1.29, 1.82) is 0 Å². The molecule has 1 aliphatic heterocycles. The summed E-state index contributed by atoms with van der Waals surface area (Å²) in [6, 6.07) is 7.60. The Morgan fingerprint density at radius 1 is 1.30 bits per heavy atom. The van der Waals surface area contributed by atoms with Gasteiger partial charge in [-0.25, -0.2) is 0 Å². The van der Waals surface area contributed by atoms with Gasteiger partial charge in [0.25, 0.3) is 0 Å². The second-order valence-corrected chi connectivity index (χ2v) is 12.5. The van der Waals surface area contributed by atoms with Gasteiger partial charge in [-0.3, -0.25) is 9.63 Å². The van der Waals surface area contributed by atoms with Crippen molar-refractivity contribution in [2.24, 2.45) is 29.1 Å². The normalized spacial score (nSPS) is 33.7. The third kappa shape index (κ3) is 5.98. The van der Waals surface area contributed by atoms with Gasteiger partial charge in [-0.2, -0.15) is 5.06 Å². The van der Waals surface area contributed by atoms with E-state index in [2.05, 4.69) is 56.5 Å². The van der Waals surface area contributed by atoms with E-state index in [1.165, 1.54) is 6.42 Å². The molecule has 208 valence electrons. The molecule has 1 aromatic rings. The van der Waals surface area contributed by atoms with Crippen molar-refractivity contribution in [3.8, 4) is 0 Å². The zero-order valence-electron chi connectivity index (χ0n) is 23.5. The topological polar surface area (TPSA) is 97.3 Å². The van der Waals surface area contributed by atoms with Crippen molar-refractivity contribution >= 4 is 11.6 Å². The van der Waals surface area contributed by atoms with Crippen molar-refractivity contribution in [2.45, 2.75) is 77.8 Å². The molecule has 4 aliphatic rings. The first-order valence-electron chi connectivity index (χ1n) is 14.0. The minimum Gasteiger partial charge on any atom is -0.394 e. The lowest BCUT2D eigenvalue weighted by molar-refractivity contribution is -0.183. The molecule has 4 fully saturated rings. The Balaban J connectivity index is 1.46. The Kier molecular flexibility index (Phi) is 8.86. The van der Waals surface area contributed by atoms with Crippen LogP contribution in [0.3, 0.4) is 0 Å². The summed E-state index contributed by atoms with van der Waals surface area (Å²) >= 11 is 0. The van der Waals surface area contributed by atoms with Gasteiger partial charge in [-0.1, -0.05) is 32.9 Å². The first kappa shape index (κ1) is 28.3. The summed E-state index contributed by atoms with van der Waals surface area (Å²) in [7, 11) is 4.14. The van der Waals surface area contributed by atoms with Crippen molar-refractivity contribution in [1.82, 2.24) is 15.3 Å². The Bertz CT molecular complexity index is 923. The van der Waals surface area contributed by atoms with Crippen LogP contribution in [0.5, 0.6) is 0 Å². The quantitative estimate of drug-likeness (QED) is 0.336. The SMILES string of the molecule is C[C@@H]1[C@@H](NC(=O)[C@@H]2[C@H]([C@H](C)O)[C@H](CO)ON2Cc2cccc(NCCCN(C)C)c2)C[C@H]2C[C@@H]1C2(C)C. The Morgan fingerprint density at radius 3 is 2.68 bits per heavy atom. The van der Waals surface area contributed by atoms with Gasteiger partial charge in [0, 0.05) is 24.2 Å². The summed E-state index contributed by atoms with van der Waals surface area (Å²) in [5, 5.41) is 29.1. The molecule has 0 unspecified atom stereocenters. The molecular formula is C29H48N4O4.